The molecular formula is C29H39ClN2O4. The fourth-order valence-electron chi connectivity index (χ4n) is 4.72. The zero-order chi connectivity index (χ0) is 25.9. The lowest BCUT2D eigenvalue weighted by molar-refractivity contribution is -0.141. The molecule has 2 aromatic rings. The highest BCUT2D eigenvalue weighted by atomic mass is 35.5. The molecule has 3 rings (SSSR count). The highest BCUT2D eigenvalue weighted by Gasteiger charge is 2.30. The van der Waals surface area contributed by atoms with Crippen LogP contribution in [-0.4, -0.2) is 42.0 Å². The monoisotopic (exact) mass is 514 g/mol. The maximum absolute atomic E-state index is 13.6. The Morgan fingerprint density at radius 3 is 2.25 bits per heavy atom. The summed E-state index contributed by atoms with van der Waals surface area (Å²) in [5.41, 5.74) is 1.93. The Morgan fingerprint density at radius 1 is 0.972 bits per heavy atom. The number of nitrogens with zero attached hydrogens (tertiary/aromatic N) is 1. The van der Waals surface area contributed by atoms with Gasteiger partial charge in [-0.15, -0.1) is 0 Å². The SMILES string of the molecule is CCOc1ccc(CCC(=O)N(Cc2ccc(Cl)cc2)[C@@H](CC)C(=O)NC2CCCC2)cc1OCC. The summed E-state index contributed by atoms with van der Waals surface area (Å²) in [6.45, 7) is 7.28. The van der Waals surface area contributed by atoms with Gasteiger partial charge in [-0.1, -0.05) is 49.6 Å². The first kappa shape index (κ1) is 27.9. The fourth-order valence-corrected chi connectivity index (χ4v) is 4.85. The van der Waals surface area contributed by atoms with Crippen molar-refractivity contribution in [2.75, 3.05) is 13.2 Å². The van der Waals surface area contributed by atoms with Crippen molar-refractivity contribution >= 4 is 23.4 Å². The van der Waals surface area contributed by atoms with Gasteiger partial charge in [0, 0.05) is 24.0 Å². The van der Waals surface area contributed by atoms with E-state index in [0.717, 1.165) is 36.8 Å². The Bertz CT molecular complexity index is 989. The Morgan fingerprint density at radius 2 is 1.61 bits per heavy atom. The number of ether oxygens (including phenoxy) is 2. The van der Waals surface area contributed by atoms with Crippen LogP contribution in [0, 0.1) is 0 Å². The third-order valence-electron chi connectivity index (χ3n) is 6.59. The van der Waals surface area contributed by atoms with E-state index in [1.165, 1.54) is 0 Å². The number of amides is 2. The number of hydrogen-bond donors (Lipinski definition) is 1. The summed E-state index contributed by atoms with van der Waals surface area (Å²) in [6, 6.07) is 12.9. The van der Waals surface area contributed by atoms with Gasteiger partial charge in [0.1, 0.15) is 6.04 Å². The predicted molar refractivity (Wildman–Crippen MR) is 144 cm³/mol. The lowest BCUT2D eigenvalue weighted by Crippen LogP contribution is -2.51. The molecule has 1 aliphatic carbocycles. The number of rotatable bonds is 13. The molecule has 1 aliphatic rings. The molecule has 0 heterocycles. The molecule has 2 aromatic carbocycles. The van der Waals surface area contributed by atoms with Crippen LogP contribution in [-0.2, 0) is 22.6 Å². The van der Waals surface area contributed by atoms with E-state index in [4.69, 9.17) is 21.1 Å². The van der Waals surface area contributed by atoms with Crippen LogP contribution in [0.4, 0.5) is 0 Å². The number of nitrogens with one attached hydrogen (secondary N) is 1. The molecule has 1 fully saturated rings. The Labute approximate surface area is 220 Å². The van der Waals surface area contributed by atoms with E-state index in [1.54, 1.807) is 4.90 Å². The molecule has 2 amide bonds. The highest BCUT2D eigenvalue weighted by molar-refractivity contribution is 6.30. The number of hydrogen-bond acceptors (Lipinski definition) is 4. The molecule has 1 saturated carbocycles. The smallest absolute Gasteiger partial charge is 0.243 e. The number of halogens is 1. The van der Waals surface area contributed by atoms with E-state index in [0.29, 0.717) is 55.5 Å². The first-order chi connectivity index (χ1) is 17.4. The molecule has 0 bridgehead atoms. The third kappa shape index (κ3) is 7.89. The van der Waals surface area contributed by atoms with Gasteiger partial charge in [-0.25, -0.2) is 0 Å². The van der Waals surface area contributed by atoms with Crippen LogP contribution in [0.25, 0.3) is 0 Å². The summed E-state index contributed by atoms with van der Waals surface area (Å²) >= 11 is 6.07. The number of carbonyl (C=O) groups excluding carboxylic acids is 2. The van der Waals surface area contributed by atoms with Crippen LogP contribution in [0.2, 0.25) is 5.02 Å². The van der Waals surface area contributed by atoms with Gasteiger partial charge in [0.15, 0.2) is 11.5 Å². The highest BCUT2D eigenvalue weighted by Crippen LogP contribution is 2.29. The van der Waals surface area contributed by atoms with Crippen molar-refractivity contribution in [3.63, 3.8) is 0 Å². The van der Waals surface area contributed by atoms with Gasteiger partial charge in [-0.3, -0.25) is 9.59 Å². The number of carbonyl (C=O) groups is 2. The quantitative estimate of drug-likeness (QED) is 0.359. The Balaban J connectivity index is 1.76. The molecule has 7 heteroatoms. The standard InChI is InChI=1S/C29H39ClN2O4/c1-4-25(29(34)31-24-9-7-8-10-24)32(20-22-11-15-23(30)16-12-22)28(33)18-14-21-13-17-26(35-5-2)27(19-21)36-6-3/h11-13,15-17,19,24-25H,4-10,14,18,20H2,1-3H3,(H,31,34)/t25-/m0/s1. The van der Waals surface area contributed by atoms with Crippen molar-refractivity contribution in [3.8, 4) is 11.5 Å². The second kappa shape index (κ2) is 14.1. The number of aryl methyl sites for hydroxylation is 1. The maximum atomic E-state index is 13.6. The normalized spacial score (nSPS) is 14.3. The van der Waals surface area contributed by atoms with Crippen molar-refractivity contribution in [2.45, 2.75) is 84.3 Å². The van der Waals surface area contributed by atoms with Crippen LogP contribution in [0.5, 0.6) is 11.5 Å². The number of benzene rings is 2. The Kier molecular flexibility index (Phi) is 10.9. The van der Waals surface area contributed by atoms with E-state index < -0.39 is 6.04 Å². The third-order valence-corrected chi connectivity index (χ3v) is 6.84. The summed E-state index contributed by atoms with van der Waals surface area (Å²) in [7, 11) is 0. The van der Waals surface area contributed by atoms with Gasteiger partial charge in [0.2, 0.25) is 11.8 Å². The fraction of sp³-hybridized carbons (Fsp3) is 0.517. The lowest BCUT2D eigenvalue weighted by atomic mass is 10.1. The van der Waals surface area contributed by atoms with E-state index >= 15 is 0 Å². The van der Waals surface area contributed by atoms with Crippen molar-refractivity contribution in [2.24, 2.45) is 0 Å². The summed E-state index contributed by atoms with van der Waals surface area (Å²) in [6.07, 6.45) is 5.68. The molecule has 6 nitrogen and oxygen atoms in total. The first-order valence-electron chi connectivity index (χ1n) is 13.2. The van der Waals surface area contributed by atoms with Crippen molar-refractivity contribution < 1.29 is 19.1 Å². The zero-order valence-electron chi connectivity index (χ0n) is 21.7. The maximum Gasteiger partial charge on any atom is 0.243 e. The first-order valence-corrected chi connectivity index (χ1v) is 13.6. The second-order valence-corrected chi connectivity index (χ2v) is 9.65. The van der Waals surface area contributed by atoms with E-state index in [-0.39, 0.29) is 17.9 Å². The molecular weight excluding hydrogens is 476 g/mol. The van der Waals surface area contributed by atoms with Crippen LogP contribution < -0.4 is 14.8 Å². The van der Waals surface area contributed by atoms with E-state index in [1.807, 2.05) is 63.2 Å². The molecule has 1 N–H and O–H groups in total. The molecule has 36 heavy (non-hydrogen) atoms. The van der Waals surface area contributed by atoms with E-state index in [9.17, 15) is 9.59 Å². The average molecular weight is 515 g/mol. The summed E-state index contributed by atoms with van der Waals surface area (Å²) in [5, 5.41) is 3.83. The molecule has 1 atom stereocenters. The van der Waals surface area contributed by atoms with Crippen LogP contribution in [0.15, 0.2) is 42.5 Å². The average Bonchev–Trinajstić information content (AvgIpc) is 3.38. The van der Waals surface area contributed by atoms with Gasteiger partial charge >= 0.3 is 0 Å². The molecule has 0 aromatic heterocycles. The van der Waals surface area contributed by atoms with Gasteiger partial charge in [0.25, 0.3) is 0 Å². The molecule has 0 unspecified atom stereocenters. The van der Waals surface area contributed by atoms with Gasteiger partial charge in [-0.05, 0) is 74.9 Å². The van der Waals surface area contributed by atoms with Crippen LogP contribution in [0.1, 0.15) is 70.4 Å². The van der Waals surface area contributed by atoms with Gasteiger partial charge < -0.3 is 19.7 Å². The molecule has 0 aliphatic heterocycles. The summed E-state index contributed by atoms with van der Waals surface area (Å²) in [4.78, 5) is 28.6. The van der Waals surface area contributed by atoms with Crippen LogP contribution >= 0.6 is 11.6 Å². The van der Waals surface area contributed by atoms with Crippen molar-refractivity contribution in [3.05, 3.63) is 58.6 Å². The van der Waals surface area contributed by atoms with E-state index in [2.05, 4.69) is 5.32 Å². The van der Waals surface area contributed by atoms with Gasteiger partial charge in [0.05, 0.1) is 13.2 Å². The molecule has 0 spiro atoms. The lowest BCUT2D eigenvalue weighted by Gasteiger charge is -2.31. The van der Waals surface area contributed by atoms with Crippen LogP contribution in [0.3, 0.4) is 0 Å². The summed E-state index contributed by atoms with van der Waals surface area (Å²) in [5.74, 6) is 1.27. The predicted octanol–water partition coefficient (Wildman–Crippen LogP) is 5.94. The minimum Gasteiger partial charge on any atom is -0.490 e. The second-order valence-electron chi connectivity index (χ2n) is 9.21. The Hall–Kier alpha value is -2.73. The topological polar surface area (TPSA) is 67.9 Å². The molecule has 196 valence electrons. The molecule has 0 radical (unpaired) electrons. The minimum atomic E-state index is -0.520. The molecule has 0 saturated heterocycles. The largest absolute Gasteiger partial charge is 0.490 e. The zero-order valence-corrected chi connectivity index (χ0v) is 22.5. The van der Waals surface area contributed by atoms with Gasteiger partial charge in [-0.2, -0.15) is 0 Å². The minimum absolute atomic E-state index is 0.0507. The van der Waals surface area contributed by atoms with Crippen molar-refractivity contribution in [1.82, 2.24) is 10.2 Å². The van der Waals surface area contributed by atoms with Crippen molar-refractivity contribution in [1.29, 1.82) is 0 Å². The summed E-state index contributed by atoms with van der Waals surface area (Å²) < 4.78 is 11.4.